The minimum absolute atomic E-state index is 0.126. The SMILES string of the molecule is CC[C@@H](Nc1ccc(N2CCN(Cc3ccccc3)CC2)cc1)C(=O)Nc1cc(C)on1. The molecule has 7 heteroatoms. The topological polar surface area (TPSA) is 73.6 Å². The Hall–Kier alpha value is -3.32. The zero-order valence-corrected chi connectivity index (χ0v) is 18.8. The van der Waals surface area contributed by atoms with Crippen LogP contribution < -0.4 is 15.5 Å². The summed E-state index contributed by atoms with van der Waals surface area (Å²) in [7, 11) is 0. The lowest BCUT2D eigenvalue weighted by atomic mass is 10.1. The third-order valence-corrected chi connectivity index (χ3v) is 5.80. The van der Waals surface area contributed by atoms with Gasteiger partial charge in [-0.15, -0.1) is 0 Å². The second kappa shape index (κ2) is 10.3. The van der Waals surface area contributed by atoms with Crippen molar-refractivity contribution in [2.75, 3.05) is 41.7 Å². The molecule has 0 bridgehead atoms. The molecule has 0 saturated carbocycles. The second-order valence-corrected chi connectivity index (χ2v) is 8.21. The molecule has 1 aliphatic heterocycles. The molecule has 0 unspecified atom stereocenters. The van der Waals surface area contributed by atoms with E-state index in [-0.39, 0.29) is 11.9 Å². The zero-order chi connectivity index (χ0) is 22.3. The first kappa shape index (κ1) is 21.9. The summed E-state index contributed by atoms with van der Waals surface area (Å²) in [5.41, 5.74) is 3.50. The van der Waals surface area contributed by atoms with Crippen LogP contribution in [0.25, 0.3) is 0 Å². The van der Waals surface area contributed by atoms with Gasteiger partial charge in [-0.05, 0) is 43.2 Å². The van der Waals surface area contributed by atoms with E-state index >= 15 is 0 Å². The van der Waals surface area contributed by atoms with E-state index in [2.05, 4.69) is 68.1 Å². The number of piperazine rings is 1. The first-order valence-corrected chi connectivity index (χ1v) is 11.2. The fourth-order valence-electron chi connectivity index (χ4n) is 3.97. The molecule has 2 heterocycles. The highest BCUT2D eigenvalue weighted by atomic mass is 16.5. The average molecular weight is 434 g/mol. The number of hydrogen-bond donors (Lipinski definition) is 2. The van der Waals surface area contributed by atoms with E-state index in [0.29, 0.717) is 18.0 Å². The van der Waals surface area contributed by atoms with Gasteiger partial charge < -0.3 is 20.1 Å². The Labute approximate surface area is 189 Å². The molecule has 1 atom stereocenters. The van der Waals surface area contributed by atoms with Crippen LogP contribution in [0, 0.1) is 6.92 Å². The summed E-state index contributed by atoms with van der Waals surface area (Å²) < 4.78 is 5.01. The number of hydrogen-bond acceptors (Lipinski definition) is 6. The maximum atomic E-state index is 12.6. The third-order valence-electron chi connectivity index (χ3n) is 5.80. The minimum Gasteiger partial charge on any atom is -0.374 e. The van der Waals surface area contributed by atoms with Gasteiger partial charge in [0.25, 0.3) is 0 Å². The van der Waals surface area contributed by atoms with Crippen molar-refractivity contribution in [3.05, 3.63) is 72.0 Å². The van der Waals surface area contributed by atoms with E-state index < -0.39 is 0 Å². The fraction of sp³-hybridized carbons (Fsp3) is 0.360. The lowest BCUT2D eigenvalue weighted by Gasteiger charge is -2.36. The highest BCUT2D eigenvalue weighted by molar-refractivity contribution is 5.95. The van der Waals surface area contributed by atoms with Crippen molar-refractivity contribution in [1.29, 1.82) is 0 Å². The monoisotopic (exact) mass is 433 g/mol. The van der Waals surface area contributed by atoms with Crippen LogP contribution in [0.15, 0.2) is 65.2 Å². The predicted octanol–water partition coefficient (Wildman–Crippen LogP) is 4.13. The molecule has 1 amide bonds. The molecule has 1 fully saturated rings. The molecule has 168 valence electrons. The quantitative estimate of drug-likeness (QED) is 0.556. The van der Waals surface area contributed by atoms with Gasteiger partial charge in [0.1, 0.15) is 11.8 Å². The predicted molar refractivity (Wildman–Crippen MR) is 128 cm³/mol. The molecule has 0 aliphatic carbocycles. The van der Waals surface area contributed by atoms with Gasteiger partial charge in [0, 0.05) is 50.2 Å². The Morgan fingerprint density at radius 1 is 1.06 bits per heavy atom. The number of aromatic nitrogens is 1. The maximum absolute atomic E-state index is 12.6. The number of nitrogens with zero attached hydrogens (tertiary/aromatic N) is 3. The van der Waals surface area contributed by atoms with Crippen LogP contribution >= 0.6 is 0 Å². The van der Waals surface area contributed by atoms with E-state index in [1.807, 2.05) is 19.1 Å². The lowest BCUT2D eigenvalue weighted by Crippen LogP contribution is -2.45. The molecule has 7 nitrogen and oxygen atoms in total. The van der Waals surface area contributed by atoms with Crippen LogP contribution in [0.5, 0.6) is 0 Å². The normalized spacial score (nSPS) is 15.4. The molecule has 3 aromatic rings. The van der Waals surface area contributed by atoms with Gasteiger partial charge in [0.15, 0.2) is 5.82 Å². The van der Waals surface area contributed by atoms with E-state index in [1.165, 1.54) is 11.3 Å². The summed E-state index contributed by atoms with van der Waals surface area (Å²) in [5.74, 6) is 0.978. The summed E-state index contributed by atoms with van der Waals surface area (Å²) in [4.78, 5) is 17.5. The first-order valence-electron chi connectivity index (χ1n) is 11.2. The molecule has 0 spiro atoms. The summed E-state index contributed by atoms with van der Waals surface area (Å²) in [6.07, 6.45) is 0.661. The van der Waals surface area contributed by atoms with E-state index in [9.17, 15) is 4.79 Å². The Morgan fingerprint density at radius 2 is 1.78 bits per heavy atom. The summed E-state index contributed by atoms with van der Waals surface area (Å²) in [5, 5.41) is 9.95. The van der Waals surface area contributed by atoms with Crippen LogP contribution in [0.4, 0.5) is 17.2 Å². The molecule has 32 heavy (non-hydrogen) atoms. The summed E-state index contributed by atoms with van der Waals surface area (Å²) in [6.45, 7) is 8.90. The molecule has 2 N–H and O–H groups in total. The first-order chi connectivity index (χ1) is 15.6. The second-order valence-electron chi connectivity index (χ2n) is 8.21. The number of rotatable bonds is 8. The Kier molecular flexibility index (Phi) is 7.07. The minimum atomic E-state index is -0.348. The van der Waals surface area contributed by atoms with Crippen LogP contribution in [0.2, 0.25) is 0 Å². The highest BCUT2D eigenvalue weighted by Gasteiger charge is 2.19. The van der Waals surface area contributed by atoms with Crippen molar-refractivity contribution in [3.63, 3.8) is 0 Å². The van der Waals surface area contributed by atoms with Crippen molar-refractivity contribution in [2.24, 2.45) is 0 Å². The van der Waals surface area contributed by atoms with Gasteiger partial charge in [-0.25, -0.2) is 0 Å². The highest BCUT2D eigenvalue weighted by Crippen LogP contribution is 2.21. The zero-order valence-electron chi connectivity index (χ0n) is 18.8. The number of benzene rings is 2. The molecule has 1 saturated heterocycles. The van der Waals surface area contributed by atoms with Gasteiger partial charge in [0.2, 0.25) is 5.91 Å². The van der Waals surface area contributed by atoms with Crippen molar-refractivity contribution in [2.45, 2.75) is 32.9 Å². The van der Waals surface area contributed by atoms with E-state index in [0.717, 1.165) is 38.4 Å². The Bertz CT molecular complexity index is 995. The molecule has 1 aromatic heterocycles. The lowest BCUT2D eigenvalue weighted by molar-refractivity contribution is -0.117. The molecule has 4 rings (SSSR count). The van der Waals surface area contributed by atoms with Crippen LogP contribution in [-0.2, 0) is 11.3 Å². The van der Waals surface area contributed by atoms with Gasteiger partial charge >= 0.3 is 0 Å². The van der Waals surface area contributed by atoms with E-state index in [1.54, 1.807) is 13.0 Å². The fourth-order valence-corrected chi connectivity index (χ4v) is 3.97. The van der Waals surface area contributed by atoms with Crippen molar-refractivity contribution in [1.82, 2.24) is 10.1 Å². The van der Waals surface area contributed by atoms with Crippen molar-refractivity contribution < 1.29 is 9.32 Å². The smallest absolute Gasteiger partial charge is 0.248 e. The maximum Gasteiger partial charge on any atom is 0.248 e. The van der Waals surface area contributed by atoms with Gasteiger partial charge in [-0.1, -0.05) is 42.4 Å². The van der Waals surface area contributed by atoms with Crippen molar-refractivity contribution in [3.8, 4) is 0 Å². The van der Waals surface area contributed by atoms with Crippen LogP contribution in [0.3, 0.4) is 0 Å². The van der Waals surface area contributed by atoms with Gasteiger partial charge in [0.05, 0.1) is 0 Å². The van der Waals surface area contributed by atoms with Crippen LogP contribution in [-0.4, -0.2) is 48.2 Å². The number of nitrogens with one attached hydrogen (secondary N) is 2. The number of carbonyl (C=O) groups excluding carboxylic acids is 1. The Balaban J connectivity index is 1.28. The number of aryl methyl sites for hydroxylation is 1. The summed E-state index contributed by atoms with van der Waals surface area (Å²) >= 11 is 0. The molecule has 2 aromatic carbocycles. The van der Waals surface area contributed by atoms with Gasteiger partial charge in [-0.2, -0.15) is 0 Å². The van der Waals surface area contributed by atoms with Crippen molar-refractivity contribution >= 4 is 23.1 Å². The Morgan fingerprint density at radius 3 is 2.41 bits per heavy atom. The largest absolute Gasteiger partial charge is 0.374 e. The number of anilines is 3. The summed E-state index contributed by atoms with van der Waals surface area (Å²) in [6, 6.07) is 20.3. The standard InChI is InChI=1S/C25H31N5O2/c1-3-23(25(31)27-24-17-19(2)32-28-24)26-21-9-11-22(12-10-21)30-15-13-29(14-16-30)18-20-7-5-4-6-8-20/h4-12,17,23,26H,3,13-16,18H2,1-2H3,(H,27,28,31)/t23-/m1/s1. The molecular weight excluding hydrogens is 402 g/mol. The molecule has 1 aliphatic rings. The third kappa shape index (κ3) is 5.68. The average Bonchev–Trinajstić information content (AvgIpc) is 3.23. The van der Waals surface area contributed by atoms with E-state index in [4.69, 9.17) is 4.52 Å². The van der Waals surface area contributed by atoms with Crippen LogP contribution in [0.1, 0.15) is 24.7 Å². The number of carbonyl (C=O) groups is 1. The molecule has 0 radical (unpaired) electrons. The van der Waals surface area contributed by atoms with Gasteiger partial charge in [-0.3, -0.25) is 9.69 Å². The number of amides is 1. The molecular formula is C25H31N5O2.